The van der Waals surface area contributed by atoms with E-state index in [0.29, 0.717) is 0 Å². The van der Waals surface area contributed by atoms with Gasteiger partial charge >= 0.3 is 0 Å². The fraction of sp³-hybridized carbons (Fsp3) is 0. The van der Waals surface area contributed by atoms with Crippen LogP contribution in [0, 0.1) is 0 Å². The first kappa shape index (κ1) is 53.3. The van der Waals surface area contributed by atoms with Crippen LogP contribution in [0.15, 0.2) is 346 Å². The summed E-state index contributed by atoms with van der Waals surface area (Å²) in [4.78, 5) is 5.72. The van der Waals surface area contributed by atoms with E-state index >= 15 is 0 Å². The smallest absolute Gasteiger partial charge is 0.0715 e. The van der Waals surface area contributed by atoms with Crippen molar-refractivity contribution < 1.29 is 0 Å². The summed E-state index contributed by atoms with van der Waals surface area (Å²) in [5.41, 5.74) is 26.4. The number of pyridine rings is 1. The maximum absolute atomic E-state index is 5.72. The number of benzene rings is 14. The van der Waals surface area contributed by atoms with Crippen LogP contribution in [0.4, 0.5) is 0 Å². The first-order valence-electron chi connectivity index (χ1n) is 32.2. The van der Waals surface area contributed by atoms with Crippen LogP contribution >= 0.6 is 0 Å². The molecule has 19 aromatic rings. The molecule has 5 aromatic heterocycles. The van der Waals surface area contributed by atoms with Gasteiger partial charge in [0.2, 0.25) is 0 Å². The molecule has 0 N–H and O–H groups in total. The number of rotatable bonds is 10. The lowest BCUT2D eigenvalue weighted by Gasteiger charge is -2.17. The standard InChI is InChI=1S/C89H57N5/c1-2-22-58(23-3-1)59-44-46-60(47-45-59)67-54-80(63-26-20-24-61(48-63)65-50-68(91-82-36-12-4-28-72(82)73-29-5-13-37-83(73)91)56-69(51-65)92-84-38-14-6-30-74(84)75-31-7-15-39-85(75)92)90-81(55-67)64-27-21-25-62(49-64)66-52-70(93-86-40-16-8-32-76(86)77-33-9-17-41-87(77)93)57-71(53-66)94-88-42-18-10-34-78(88)79-35-11-19-43-89(79)94/h1-57H. The van der Waals surface area contributed by atoms with E-state index in [0.717, 1.165) is 123 Å². The van der Waals surface area contributed by atoms with Gasteiger partial charge in [0, 0.05) is 77.0 Å². The van der Waals surface area contributed by atoms with Crippen LogP contribution in [0.25, 0.3) is 177 Å². The minimum Gasteiger partial charge on any atom is -0.309 e. The zero-order valence-electron chi connectivity index (χ0n) is 51.1. The first-order valence-corrected chi connectivity index (χ1v) is 32.2. The van der Waals surface area contributed by atoms with E-state index in [9.17, 15) is 0 Å². The second-order valence-corrected chi connectivity index (χ2v) is 24.7. The molecule has 5 heterocycles. The molecule has 0 bridgehead atoms. The molecular weight excluding hydrogens is 1140 g/mol. The Kier molecular flexibility index (Phi) is 12.2. The van der Waals surface area contributed by atoms with Crippen LogP contribution in [-0.4, -0.2) is 23.3 Å². The van der Waals surface area contributed by atoms with Crippen LogP contribution in [0.1, 0.15) is 0 Å². The Balaban J connectivity index is 0.798. The van der Waals surface area contributed by atoms with Crippen LogP contribution in [0.2, 0.25) is 0 Å². The van der Waals surface area contributed by atoms with Crippen molar-refractivity contribution in [2.45, 2.75) is 0 Å². The number of fused-ring (bicyclic) bond motifs is 12. The van der Waals surface area contributed by atoms with Crippen LogP contribution < -0.4 is 0 Å². The molecule has 0 saturated heterocycles. The van der Waals surface area contributed by atoms with E-state index in [1.807, 2.05) is 0 Å². The lowest BCUT2D eigenvalue weighted by atomic mass is 9.95. The summed E-state index contributed by atoms with van der Waals surface area (Å²) in [6.45, 7) is 0. The molecule has 0 unspecified atom stereocenters. The Morgan fingerprint density at radius 1 is 0.149 bits per heavy atom. The zero-order chi connectivity index (χ0) is 61.8. The van der Waals surface area contributed by atoms with Gasteiger partial charge in [0.1, 0.15) is 0 Å². The predicted octanol–water partition coefficient (Wildman–Crippen LogP) is 23.5. The number of hydrogen-bond donors (Lipinski definition) is 0. The molecule has 0 amide bonds. The molecule has 0 aliphatic carbocycles. The van der Waals surface area contributed by atoms with Crippen LogP contribution in [-0.2, 0) is 0 Å². The highest BCUT2D eigenvalue weighted by atomic mass is 15.0. The van der Waals surface area contributed by atoms with Crippen LogP contribution in [0.3, 0.4) is 0 Å². The average Bonchev–Trinajstić information content (AvgIpc) is 1.58. The van der Waals surface area contributed by atoms with E-state index in [1.54, 1.807) is 0 Å². The maximum atomic E-state index is 5.72. The average molecular weight is 1200 g/mol. The molecule has 94 heavy (non-hydrogen) atoms. The third-order valence-electron chi connectivity index (χ3n) is 19.3. The molecule has 0 fully saturated rings. The summed E-state index contributed by atoms with van der Waals surface area (Å²) in [7, 11) is 0. The van der Waals surface area contributed by atoms with Crippen molar-refractivity contribution in [3.8, 4) is 89.8 Å². The predicted molar refractivity (Wildman–Crippen MR) is 394 cm³/mol. The van der Waals surface area contributed by atoms with Gasteiger partial charge in [0.25, 0.3) is 0 Å². The topological polar surface area (TPSA) is 32.6 Å². The molecule has 5 heteroatoms. The summed E-state index contributed by atoms with van der Waals surface area (Å²) < 4.78 is 9.76. The van der Waals surface area contributed by atoms with Crippen molar-refractivity contribution in [1.82, 2.24) is 23.3 Å². The van der Waals surface area contributed by atoms with Gasteiger partial charge in [-0.2, -0.15) is 0 Å². The highest BCUT2D eigenvalue weighted by molar-refractivity contribution is 6.13. The van der Waals surface area contributed by atoms with Gasteiger partial charge in [-0.05, 0) is 154 Å². The Morgan fingerprint density at radius 3 is 0.670 bits per heavy atom. The van der Waals surface area contributed by atoms with Gasteiger partial charge in [0.05, 0.1) is 55.5 Å². The van der Waals surface area contributed by atoms with E-state index in [2.05, 4.69) is 364 Å². The molecule has 0 aliphatic heterocycles. The Labute approximate surface area is 542 Å². The lowest BCUT2D eigenvalue weighted by molar-refractivity contribution is 1.13. The molecule has 14 aromatic carbocycles. The molecule has 0 spiro atoms. The van der Waals surface area contributed by atoms with Crippen LogP contribution in [0.5, 0.6) is 0 Å². The summed E-state index contributed by atoms with van der Waals surface area (Å²) in [5, 5.41) is 9.80. The van der Waals surface area contributed by atoms with E-state index in [1.165, 1.54) is 54.2 Å². The van der Waals surface area contributed by atoms with E-state index in [-0.39, 0.29) is 0 Å². The molecule has 19 rings (SSSR count). The molecular formula is C89H57N5. The quantitative estimate of drug-likeness (QED) is 0.134. The molecule has 0 radical (unpaired) electrons. The molecule has 0 aliphatic rings. The Bertz CT molecular complexity index is 5420. The fourth-order valence-electron chi connectivity index (χ4n) is 15.0. The van der Waals surface area contributed by atoms with E-state index < -0.39 is 0 Å². The molecule has 438 valence electrons. The van der Waals surface area contributed by atoms with Gasteiger partial charge < -0.3 is 18.3 Å². The monoisotopic (exact) mass is 1200 g/mol. The van der Waals surface area contributed by atoms with Crippen molar-refractivity contribution in [3.63, 3.8) is 0 Å². The van der Waals surface area contributed by atoms with Gasteiger partial charge in [0.15, 0.2) is 0 Å². The largest absolute Gasteiger partial charge is 0.309 e. The Hall–Kier alpha value is -12.6. The maximum Gasteiger partial charge on any atom is 0.0715 e. The van der Waals surface area contributed by atoms with Gasteiger partial charge in [-0.25, -0.2) is 4.98 Å². The second kappa shape index (κ2) is 21.6. The normalized spacial score (nSPS) is 11.8. The third-order valence-corrected chi connectivity index (χ3v) is 19.3. The van der Waals surface area contributed by atoms with Gasteiger partial charge in [-0.1, -0.05) is 237 Å². The third kappa shape index (κ3) is 8.67. The summed E-state index contributed by atoms with van der Waals surface area (Å²) in [6.07, 6.45) is 0. The number of para-hydroxylation sites is 8. The second-order valence-electron chi connectivity index (χ2n) is 24.7. The SMILES string of the molecule is c1ccc(-c2ccc(-c3cc(-c4cccc(-c5cc(-n6c7ccccc7c7ccccc76)cc(-n6c7ccccc7c7ccccc76)c5)c4)nc(-c4cccc(-c5cc(-n6c7ccccc7c7ccccc76)cc(-n6c7ccccc7c7ccccc76)c5)c4)c3)cc2)cc1. The number of aromatic nitrogens is 5. The van der Waals surface area contributed by atoms with Gasteiger partial charge in [-0.15, -0.1) is 0 Å². The molecule has 0 atom stereocenters. The lowest BCUT2D eigenvalue weighted by Crippen LogP contribution is -2.00. The minimum absolute atomic E-state index is 0.884. The van der Waals surface area contributed by atoms with Crippen molar-refractivity contribution in [2.24, 2.45) is 0 Å². The van der Waals surface area contributed by atoms with Crippen molar-refractivity contribution in [2.75, 3.05) is 0 Å². The zero-order valence-corrected chi connectivity index (χ0v) is 51.1. The first-order chi connectivity index (χ1) is 46.6. The molecule has 0 saturated carbocycles. The Morgan fingerprint density at radius 2 is 0.372 bits per heavy atom. The van der Waals surface area contributed by atoms with Crippen molar-refractivity contribution in [3.05, 3.63) is 346 Å². The highest BCUT2D eigenvalue weighted by Gasteiger charge is 2.21. The highest BCUT2D eigenvalue weighted by Crippen LogP contribution is 2.43. The van der Waals surface area contributed by atoms with Crippen molar-refractivity contribution in [1.29, 1.82) is 0 Å². The minimum atomic E-state index is 0.884. The summed E-state index contributed by atoms with van der Waals surface area (Å²) >= 11 is 0. The number of hydrogen-bond acceptors (Lipinski definition) is 1. The van der Waals surface area contributed by atoms with Crippen molar-refractivity contribution >= 4 is 87.2 Å². The van der Waals surface area contributed by atoms with Gasteiger partial charge in [-0.3, -0.25) is 0 Å². The molecule has 5 nitrogen and oxygen atoms in total. The fourth-order valence-corrected chi connectivity index (χ4v) is 15.0. The summed E-state index contributed by atoms with van der Waals surface area (Å²) in [6, 6.07) is 127. The number of nitrogens with zero attached hydrogens (tertiary/aromatic N) is 5. The van der Waals surface area contributed by atoms with E-state index in [4.69, 9.17) is 4.98 Å². The summed E-state index contributed by atoms with van der Waals surface area (Å²) in [5.74, 6) is 0.